The number of hydrogen-bond acceptors (Lipinski definition) is 6. The fraction of sp³-hybridized carbons (Fsp3) is 0.158. The molecular weight excluding hydrogens is 348 g/mol. The Morgan fingerprint density at radius 1 is 1.04 bits per heavy atom. The molecule has 1 amide bonds. The van der Waals surface area contributed by atoms with E-state index in [1.807, 2.05) is 12.1 Å². The number of amides is 1. The number of para-hydroxylation sites is 2. The van der Waals surface area contributed by atoms with Gasteiger partial charge in [0, 0.05) is 5.56 Å². The van der Waals surface area contributed by atoms with E-state index < -0.39 is 5.91 Å². The molecule has 0 saturated carbocycles. The lowest BCUT2D eigenvalue weighted by Crippen LogP contribution is -2.33. The highest BCUT2D eigenvalue weighted by Crippen LogP contribution is 2.21. The largest absolute Gasteiger partial charge is 0.497 e. The van der Waals surface area contributed by atoms with Crippen molar-refractivity contribution in [3.8, 4) is 17.2 Å². The van der Waals surface area contributed by atoms with Gasteiger partial charge in [0.1, 0.15) is 24.2 Å². The van der Waals surface area contributed by atoms with Gasteiger partial charge in [-0.25, -0.2) is 0 Å². The minimum Gasteiger partial charge on any atom is -0.497 e. The van der Waals surface area contributed by atoms with Crippen LogP contribution in [0.4, 0.5) is 0 Å². The number of ether oxygens (including phenoxy) is 2. The van der Waals surface area contributed by atoms with Crippen LogP contribution in [0.1, 0.15) is 10.4 Å². The van der Waals surface area contributed by atoms with Crippen molar-refractivity contribution in [1.82, 2.24) is 20.1 Å². The number of methoxy groups -OCH3 is 1. The Labute approximate surface area is 155 Å². The Bertz CT molecular complexity index is 908. The van der Waals surface area contributed by atoms with Crippen molar-refractivity contribution >= 4 is 11.7 Å². The van der Waals surface area contributed by atoms with Gasteiger partial charge in [-0.05, 0) is 36.4 Å². The van der Waals surface area contributed by atoms with Gasteiger partial charge in [0.05, 0.1) is 19.3 Å². The molecular formula is C19H18N4O4. The monoisotopic (exact) mass is 366 g/mol. The number of carbonyl (C=O) groups excluding carboxylic acids is 2. The zero-order valence-corrected chi connectivity index (χ0v) is 14.7. The fourth-order valence-electron chi connectivity index (χ4n) is 2.37. The summed E-state index contributed by atoms with van der Waals surface area (Å²) in [6, 6.07) is 13.9. The van der Waals surface area contributed by atoms with E-state index in [2.05, 4.69) is 15.5 Å². The molecule has 0 fully saturated rings. The third kappa shape index (κ3) is 4.69. The van der Waals surface area contributed by atoms with Gasteiger partial charge in [0.25, 0.3) is 5.91 Å². The van der Waals surface area contributed by atoms with Crippen molar-refractivity contribution in [2.45, 2.75) is 0 Å². The summed E-state index contributed by atoms with van der Waals surface area (Å²) in [6.07, 6.45) is 3.07. The third-order valence-electron chi connectivity index (χ3n) is 3.78. The predicted octanol–water partition coefficient (Wildman–Crippen LogP) is 1.65. The smallest absolute Gasteiger partial charge is 0.258 e. The average molecular weight is 366 g/mol. The second kappa shape index (κ2) is 8.61. The number of ketones is 1. The van der Waals surface area contributed by atoms with Gasteiger partial charge in [-0.3, -0.25) is 14.2 Å². The van der Waals surface area contributed by atoms with E-state index >= 15 is 0 Å². The Kier molecular flexibility index (Phi) is 5.78. The van der Waals surface area contributed by atoms with Crippen molar-refractivity contribution in [3.63, 3.8) is 0 Å². The molecule has 1 N–H and O–H groups in total. The van der Waals surface area contributed by atoms with Crippen LogP contribution in [0.3, 0.4) is 0 Å². The molecule has 8 nitrogen and oxygen atoms in total. The Morgan fingerprint density at radius 2 is 1.74 bits per heavy atom. The van der Waals surface area contributed by atoms with Crippen LogP contribution in [0.25, 0.3) is 5.69 Å². The lowest BCUT2D eigenvalue weighted by Gasteiger charge is -2.11. The minimum absolute atomic E-state index is 0.110. The van der Waals surface area contributed by atoms with Crippen LogP contribution in [-0.4, -0.2) is 46.7 Å². The van der Waals surface area contributed by atoms with Gasteiger partial charge < -0.3 is 14.8 Å². The number of rotatable bonds is 8. The molecule has 1 heterocycles. The number of hydrogen-bond donors (Lipinski definition) is 1. The number of nitrogens with zero attached hydrogens (tertiary/aromatic N) is 3. The van der Waals surface area contributed by atoms with Crippen molar-refractivity contribution in [3.05, 3.63) is 66.7 Å². The van der Waals surface area contributed by atoms with Crippen LogP contribution in [0, 0.1) is 0 Å². The van der Waals surface area contributed by atoms with E-state index in [4.69, 9.17) is 9.47 Å². The molecule has 3 aromatic rings. The van der Waals surface area contributed by atoms with E-state index in [9.17, 15) is 9.59 Å². The molecule has 27 heavy (non-hydrogen) atoms. The molecule has 8 heteroatoms. The minimum atomic E-state index is -0.393. The number of Topliss-reactive ketones (excluding diaryl/α,β-unsaturated/α-hetero) is 1. The second-order valence-electron chi connectivity index (χ2n) is 5.55. The topological polar surface area (TPSA) is 95.3 Å². The molecule has 0 radical (unpaired) electrons. The summed E-state index contributed by atoms with van der Waals surface area (Å²) in [5.74, 6) is 0.580. The third-order valence-corrected chi connectivity index (χ3v) is 3.78. The zero-order valence-electron chi connectivity index (χ0n) is 14.7. The molecule has 2 aromatic carbocycles. The van der Waals surface area contributed by atoms with Crippen molar-refractivity contribution in [1.29, 1.82) is 0 Å². The molecule has 0 aliphatic heterocycles. The van der Waals surface area contributed by atoms with E-state index in [1.165, 1.54) is 12.7 Å². The van der Waals surface area contributed by atoms with Gasteiger partial charge >= 0.3 is 0 Å². The van der Waals surface area contributed by atoms with E-state index in [0.29, 0.717) is 22.7 Å². The van der Waals surface area contributed by atoms with E-state index in [0.717, 1.165) is 0 Å². The first-order valence-corrected chi connectivity index (χ1v) is 8.18. The van der Waals surface area contributed by atoms with E-state index in [-0.39, 0.29) is 18.9 Å². The summed E-state index contributed by atoms with van der Waals surface area (Å²) in [5, 5.41) is 10.1. The fourth-order valence-corrected chi connectivity index (χ4v) is 2.37. The Morgan fingerprint density at radius 3 is 2.44 bits per heavy atom. The summed E-state index contributed by atoms with van der Waals surface area (Å²) in [4.78, 5) is 24.1. The lowest BCUT2D eigenvalue weighted by molar-refractivity contribution is -0.122. The van der Waals surface area contributed by atoms with Gasteiger partial charge in [-0.2, -0.15) is 0 Å². The predicted molar refractivity (Wildman–Crippen MR) is 97.2 cm³/mol. The lowest BCUT2D eigenvalue weighted by atomic mass is 10.1. The highest BCUT2D eigenvalue weighted by atomic mass is 16.5. The first-order valence-electron chi connectivity index (χ1n) is 8.18. The van der Waals surface area contributed by atoms with Crippen LogP contribution in [0.2, 0.25) is 0 Å². The number of carbonyl (C=O) groups is 2. The summed E-state index contributed by atoms with van der Waals surface area (Å²) >= 11 is 0. The van der Waals surface area contributed by atoms with Crippen molar-refractivity contribution < 1.29 is 19.1 Å². The summed E-state index contributed by atoms with van der Waals surface area (Å²) in [5.41, 5.74) is 1.21. The first kappa shape index (κ1) is 18.1. The molecule has 1 aromatic heterocycles. The first-order chi connectivity index (χ1) is 13.2. The molecule has 0 aliphatic carbocycles. The van der Waals surface area contributed by atoms with Crippen LogP contribution in [0.15, 0.2) is 61.2 Å². The maximum Gasteiger partial charge on any atom is 0.258 e. The SMILES string of the molecule is COc1ccc(C(=O)CNC(=O)COc2ccccc2-n2cnnc2)cc1. The highest BCUT2D eigenvalue weighted by Gasteiger charge is 2.11. The normalized spacial score (nSPS) is 10.3. The molecule has 0 bridgehead atoms. The molecule has 3 rings (SSSR count). The Balaban J connectivity index is 1.52. The van der Waals surface area contributed by atoms with Gasteiger partial charge in [-0.15, -0.1) is 10.2 Å². The van der Waals surface area contributed by atoms with Crippen LogP contribution in [0.5, 0.6) is 11.5 Å². The van der Waals surface area contributed by atoms with Crippen molar-refractivity contribution in [2.24, 2.45) is 0 Å². The maximum atomic E-state index is 12.1. The quantitative estimate of drug-likeness (QED) is 0.609. The number of nitrogens with one attached hydrogen (secondary N) is 1. The zero-order chi connectivity index (χ0) is 19.1. The van der Waals surface area contributed by atoms with Crippen LogP contribution in [-0.2, 0) is 4.79 Å². The number of benzene rings is 2. The average Bonchev–Trinajstić information content (AvgIpc) is 3.25. The summed E-state index contributed by atoms with van der Waals surface area (Å²) in [7, 11) is 1.55. The molecule has 0 aliphatic rings. The molecule has 0 atom stereocenters. The standard InChI is InChI=1S/C19H18N4O4/c1-26-15-8-6-14(7-9-15)17(24)10-20-19(25)11-27-18-5-3-2-4-16(18)23-12-21-22-13-23/h2-9,12-13H,10-11H2,1H3,(H,20,25). The molecule has 0 saturated heterocycles. The van der Waals surface area contributed by atoms with Crippen LogP contribution < -0.4 is 14.8 Å². The van der Waals surface area contributed by atoms with Gasteiger partial charge in [0.2, 0.25) is 0 Å². The van der Waals surface area contributed by atoms with E-state index in [1.54, 1.807) is 48.1 Å². The second-order valence-corrected chi connectivity index (χ2v) is 5.55. The van der Waals surface area contributed by atoms with Crippen LogP contribution >= 0.6 is 0 Å². The highest BCUT2D eigenvalue weighted by molar-refractivity contribution is 5.99. The van der Waals surface area contributed by atoms with Gasteiger partial charge in [-0.1, -0.05) is 12.1 Å². The summed E-state index contributed by atoms with van der Waals surface area (Å²) in [6.45, 7) is -0.323. The Hall–Kier alpha value is -3.68. The maximum absolute atomic E-state index is 12.1. The molecule has 0 unspecified atom stereocenters. The molecule has 0 spiro atoms. The van der Waals surface area contributed by atoms with Crippen molar-refractivity contribution in [2.75, 3.05) is 20.3 Å². The number of aromatic nitrogens is 3. The molecule has 138 valence electrons. The van der Waals surface area contributed by atoms with Gasteiger partial charge in [0.15, 0.2) is 12.4 Å². The summed E-state index contributed by atoms with van der Waals surface area (Å²) < 4.78 is 12.3.